The number of nitrogens with one attached hydrogen (secondary N) is 1. The van der Waals surface area contributed by atoms with Crippen LogP contribution in [-0.2, 0) is 6.42 Å². The number of para-hydroxylation sites is 1. The molecule has 0 unspecified atom stereocenters. The van der Waals surface area contributed by atoms with E-state index in [1.54, 1.807) is 5.51 Å². The van der Waals surface area contributed by atoms with E-state index in [1.165, 1.54) is 28.0 Å². The van der Waals surface area contributed by atoms with Crippen molar-refractivity contribution in [3.63, 3.8) is 0 Å². The number of aromatic amines is 1. The summed E-state index contributed by atoms with van der Waals surface area (Å²) in [7, 11) is 0. The van der Waals surface area contributed by atoms with E-state index in [9.17, 15) is 0 Å². The summed E-state index contributed by atoms with van der Waals surface area (Å²) < 4.78 is 1.81. The van der Waals surface area contributed by atoms with Crippen molar-refractivity contribution in [3.8, 4) is 0 Å². The van der Waals surface area contributed by atoms with Crippen molar-refractivity contribution in [1.29, 1.82) is 0 Å². The highest BCUT2D eigenvalue weighted by atomic mass is 32.1. The third-order valence-electron chi connectivity index (χ3n) is 3.36. The minimum absolute atomic E-state index is 0.737. The Morgan fingerprint density at radius 2 is 2.16 bits per heavy atom. The molecule has 0 atom stereocenters. The minimum Gasteiger partial charge on any atom is -0.358 e. The van der Waals surface area contributed by atoms with E-state index in [1.807, 2.05) is 10.6 Å². The first-order valence-electron chi connectivity index (χ1n) is 6.03. The van der Waals surface area contributed by atoms with Crippen LogP contribution in [0.2, 0.25) is 0 Å². The van der Waals surface area contributed by atoms with Crippen LogP contribution in [0.5, 0.6) is 0 Å². The fourth-order valence-corrected chi connectivity index (χ4v) is 3.01. The molecule has 4 aromatic rings. The average Bonchev–Trinajstić information content (AvgIpc) is 3.07. The van der Waals surface area contributed by atoms with Gasteiger partial charge in [0.2, 0.25) is 4.96 Å². The van der Waals surface area contributed by atoms with Crippen LogP contribution in [0.25, 0.3) is 15.9 Å². The molecule has 94 valence electrons. The molecule has 1 N–H and O–H groups in total. The second kappa shape index (κ2) is 3.89. The summed E-state index contributed by atoms with van der Waals surface area (Å²) in [5, 5.41) is 13.9. The summed E-state index contributed by atoms with van der Waals surface area (Å²) >= 11 is 1.50. The number of fused-ring (bicyclic) bond motifs is 2. The van der Waals surface area contributed by atoms with Gasteiger partial charge in [-0.05, 0) is 18.6 Å². The highest BCUT2D eigenvalue weighted by Crippen LogP contribution is 2.24. The lowest BCUT2D eigenvalue weighted by atomic mass is 10.1. The lowest BCUT2D eigenvalue weighted by Crippen LogP contribution is -1.97. The summed E-state index contributed by atoms with van der Waals surface area (Å²) in [6, 6.07) is 8.32. The van der Waals surface area contributed by atoms with Crippen LogP contribution in [0.1, 0.15) is 17.1 Å². The van der Waals surface area contributed by atoms with Crippen LogP contribution in [0.3, 0.4) is 0 Å². The number of hydrogen-bond acceptors (Lipinski definition) is 4. The molecular formula is C13H11N5S. The van der Waals surface area contributed by atoms with E-state index >= 15 is 0 Å². The van der Waals surface area contributed by atoms with E-state index in [4.69, 9.17) is 0 Å². The van der Waals surface area contributed by atoms with Crippen molar-refractivity contribution in [1.82, 2.24) is 24.8 Å². The van der Waals surface area contributed by atoms with E-state index < -0.39 is 0 Å². The maximum atomic E-state index is 4.27. The van der Waals surface area contributed by atoms with Gasteiger partial charge in [-0.15, -0.1) is 10.2 Å². The van der Waals surface area contributed by atoms with Crippen molar-refractivity contribution in [2.24, 2.45) is 0 Å². The summed E-state index contributed by atoms with van der Waals surface area (Å²) in [4.78, 5) is 4.25. The molecule has 0 aliphatic heterocycles. The Balaban J connectivity index is 1.87. The molecular weight excluding hydrogens is 258 g/mol. The number of benzene rings is 1. The first kappa shape index (κ1) is 10.7. The third-order valence-corrected chi connectivity index (χ3v) is 4.02. The van der Waals surface area contributed by atoms with E-state index in [-0.39, 0.29) is 0 Å². The second-order valence-corrected chi connectivity index (χ2v) is 5.31. The molecule has 4 rings (SSSR count). The van der Waals surface area contributed by atoms with Gasteiger partial charge >= 0.3 is 0 Å². The summed E-state index contributed by atoms with van der Waals surface area (Å²) in [6.07, 6.45) is 0.737. The normalized spacial score (nSPS) is 11.6. The zero-order chi connectivity index (χ0) is 12.8. The quantitative estimate of drug-likeness (QED) is 0.608. The molecule has 3 aromatic heterocycles. The number of nitrogens with zero attached hydrogens (tertiary/aromatic N) is 4. The van der Waals surface area contributed by atoms with Gasteiger partial charge in [-0.3, -0.25) is 0 Å². The van der Waals surface area contributed by atoms with Crippen LogP contribution < -0.4 is 0 Å². The van der Waals surface area contributed by atoms with Crippen molar-refractivity contribution in [3.05, 3.63) is 46.9 Å². The standard InChI is InChI=1S/C13H11N5S/c1-8-10(9-4-2-3-5-11(9)15-8)6-12-16-17-13-18(12)14-7-19-13/h2-5,7,15H,6H2,1H3. The van der Waals surface area contributed by atoms with Crippen molar-refractivity contribution >= 4 is 27.2 Å². The van der Waals surface area contributed by atoms with Gasteiger partial charge in [0.25, 0.3) is 0 Å². The van der Waals surface area contributed by atoms with Crippen molar-refractivity contribution in [2.45, 2.75) is 13.3 Å². The van der Waals surface area contributed by atoms with Gasteiger partial charge < -0.3 is 4.98 Å². The molecule has 0 saturated carbocycles. The van der Waals surface area contributed by atoms with Gasteiger partial charge in [-0.1, -0.05) is 29.5 Å². The van der Waals surface area contributed by atoms with Gasteiger partial charge in [-0.25, -0.2) is 0 Å². The molecule has 6 heteroatoms. The van der Waals surface area contributed by atoms with Gasteiger partial charge in [-0.2, -0.15) is 9.61 Å². The highest BCUT2D eigenvalue weighted by molar-refractivity contribution is 7.14. The Morgan fingerprint density at radius 1 is 1.26 bits per heavy atom. The van der Waals surface area contributed by atoms with Gasteiger partial charge in [0.15, 0.2) is 5.82 Å². The van der Waals surface area contributed by atoms with Crippen LogP contribution >= 0.6 is 11.3 Å². The Hall–Kier alpha value is -2.21. The van der Waals surface area contributed by atoms with Crippen LogP contribution in [0, 0.1) is 6.92 Å². The first-order valence-corrected chi connectivity index (χ1v) is 6.91. The fourth-order valence-electron chi connectivity index (χ4n) is 2.43. The van der Waals surface area contributed by atoms with Crippen LogP contribution in [0.4, 0.5) is 0 Å². The molecule has 0 aliphatic rings. The highest BCUT2D eigenvalue weighted by Gasteiger charge is 2.13. The SMILES string of the molecule is Cc1[nH]c2ccccc2c1Cc1nnc2scnn12. The van der Waals surface area contributed by atoms with Gasteiger partial charge in [0.1, 0.15) is 5.51 Å². The molecule has 0 aliphatic carbocycles. The predicted octanol–water partition coefficient (Wildman–Crippen LogP) is 2.57. The lowest BCUT2D eigenvalue weighted by molar-refractivity contribution is 0.851. The lowest BCUT2D eigenvalue weighted by Gasteiger charge is -1.98. The number of H-pyrrole nitrogens is 1. The van der Waals surface area contributed by atoms with Gasteiger partial charge in [0, 0.05) is 23.0 Å². The molecule has 19 heavy (non-hydrogen) atoms. The minimum atomic E-state index is 0.737. The average molecular weight is 269 g/mol. The largest absolute Gasteiger partial charge is 0.358 e. The molecule has 3 heterocycles. The number of hydrogen-bond donors (Lipinski definition) is 1. The second-order valence-electron chi connectivity index (χ2n) is 4.50. The Morgan fingerprint density at radius 3 is 3.11 bits per heavy atom. The maximum absolute atomic E-state index is 4.27. The molecule has 0 radical (unpaired) electrons. The Kier molecular flexibility index (Phi) is 2.19. The zero-order valence-electron chi connectivity index (χ0n) is 10.3. The Labute approximate surface area is 112 Å². The first-order chi connectivity index (χ1) is 9.33. The topological polar surface area (TPSA) is 58.9 Å². The maximum Gasteiger partial charge on any atom is 0.234 e. The summed E-state index contributed by atoms with van der Waals surface area (Å²) in [5.41, 5.74) is 5.38. The smallest absolute Gasteiger partial charge is 0.234 e. The molecule has 0 fully saturated rings. The number of rotatable bonds is 2. The third kappa shape index (κ3) is 1.57. The fraction of sp³-hybridized carbons (Fsp3) is 0.154. The van der Waals surface area contributed by atoms with E-state index in [0.29, 0.717) is 0 Å². The molecule has 0 saturated heterocycles. The molecule has 0 spiro atoms. The molecule has 1 aromatic carbocycles. The van der Waals surface area contributed by atoms with E-state index in [0.717, 1.165) is 22.7 Å². The van der Waals surface area contributed by atoms with E-state index in [2.05, 4.69) is 45.4 Å². The van der Waals surface area contributed by atoms with Crippen molar-refractivity contribution < 1.29 is 0 Å². The van der Waals surface area contributed by atoms with Crippen molar-refractivity contribution in [2.75, 3.05) is 0 Å². The summed E-state index contributed by atoms with van der Waals surface area (Å²) in [6.45, 7) is 2.09. The Bertz CT molecular complexity index is 869. The zero-order valence-corrected chi connectivity index (χ0v) is 11.1. The van der Waals surface area contributed by atoms with Crippen LogP contribution in [-0.4, -0.2) is 24.8 Å². The van der Waals surface area contributed by atoms with Gasteiger partial charge in [0.05, 0.1) is 0 Å². The molecule has 5 nitrogen and oxygen atoms in total. The molecule has 0 amide bonds. The monoisotopic (exact) mass is 269 g/mol. The number of aromatic nitrogens is 5. The van der Waals surface area contributed by atoms with Crippen LogP contribution in [0.15, 0.2) is 29.8 Å². The predicted molar refractivity (Wildman–Crippen MR) is 74.5 cm³/mol. The molecule has 0 bridgehead atoms. The number of aryl methyl sites for hydroxylation is 1. The summed E-state index contributed by atoms with van der Waals surface area (Å²) in [5.74, 6) is 0.879.